The molecule has 6 heteroatoms. The monoisotopic (exact) mass is 279 g/mol. The van der Waals surface area contributed by atoms with Crippen LogP contribution in [0.2, 0.25) is 10.0 Å². The summed E-state index contributed by atoms with van der Waals surface area (Å²) in [4.78, 5) is 12.9. The number of nitrogens with zero attached hydrogens (tertiary/aromatic N) is 1. The lowest BCUT2D eigenvalue weighted by molar-refractivity contribution is -0.117. The van der Waals surface area contributed by atoms with E-state index in [9.17, 15) is 9.18 Å². The van der Waals surface area contributed by atoms with Gasteiger partial charge in [0, 0.05) is 23.2 Å². The SMILES string of the molecule is O=C1CC(S)CN1c1c(F)cc(Cl)cc1Cl. The van der Waals surface area contributed by atoms with Crippen molar-refractivity contribution in [2.75, 3.05) is 11.4 Å². The van der Waals surface area contributed by atoms with E-state index in [1.165, 1.54) is 11.0 Å². The highest BCUT2D eigenvalue weighted by Gasteiger charge is 2.31. The molecule has 1 aromatic rings. The van der Waals surface area contributed by atoms with Crippen molar-refractivity contribution in [3.63, 3.8) is 0 Å². The van der Waals surface area contributed by atoms with Gasteiger partial charge in [-0.1, -0.05) is 23.2 Å². The molecular weight excluding hydrogens is 272 g/mol. The molecule has 1 saturated heterocycles. The second-order valence-electron chi connectivity index (χ2n) is 3.58. The van der Waals surface area contributed by atoms with Gasteiger partial charge in [-0.25, -0.2) is 4.39 Å². The van der Waals surface area contributed by atoms with Gasteiger partial charge in [-0.15, -0.1) is 0 Å². The average Bonchev–Trinajstić information content (AvgIpc) is 2.43. The summed E-state index contributed by atoms with van der Waals surface area (Å²) >= 11 is 15.7. The molecule has 0 radical (unpaired) electrons. The van der Waals surface area contributed by atoms with Crippen LogP contribution in [0, 0.1) is 5.82 Å². The van der Waals surface area contributed by atoms with Crippen molar-refractivity contribution in [1.82, 2.24) is 0 Å². The summed E-state index contributed by atoms with van der Waals surface area (Å²) in [5.74, 6) is -0.767. The Kier molecular flexibility index (Phi) is 3.33. The minimum Gasteiger partial charge on any atom is -0.307 e. The van der Waals surface area contributed by atoms with Crippen molar-refractivity contribution >= 4 is 47.4 Å². The van der Waals surface area contributed by atoms with Crippen LogP contribution in [0.25, 0.3) is 0 Å². The molecule has 0 bridgehead atoms. The number of carbonyl (C=O) groups excluding carboxylic acids is 1. The number of carbonyl (C=O) groups is 1. The maximum atomic E-state index is 13.7. The highest BCUT2D eigenvalue weighted by atomic mass is 35.5. The Labute approximate surface area is 108 Å². The normalized spacial score (nSPS) is 20.6. The molecule has 1 aliphatic heterocycles. The summed E-state index contributed by atoms with van der Waals surface area (Å²) in [6.45, 7) is 0.361. The minimum atomic E-state index is -0.590. The molecule has 0 aromatic heterocycles. The Hall–Kier alpha value is -0.450. The summed E-state index contributed by atoms with van der Waals surface area (Å²) in [7, 11) is 0. The fourth-order valence-corrected chi connectivity index (χ4v) is 2.59. The van der Waals surface area contributed by atoms with Crippen LogP contribution in [0.4, 0.5) is 10.1 Å². The summed E-state index contributed by atoms with van der Waals surface area (Å²) in [5, 5.41) is 0.264. The van der Waals surface area contributed by atoms with Gasteiger partial charge in [0.1, 0.15) is 5.82 Å². The van der Waals surface area contributed by atoms with Gasteiger partial charge in [-0.05, 0) is 12.1 Å². The molecule has 0 N–H and O–H groups in total. The van der Waals surface area contributed by atoms with E-state index in [1.807, 2.05) is 0 Å². The second-order valence-corrected chi connectivity index (χ2v) is 5.15. The topological polar surface area (TPSA) is 20.3 Å². The van der Waals surface area contributed by atoms with Crippen LogP contribution < -0.4 is 4.90 Å². The number of rotatable bonds is 1. The van der Waals surface area contributed by atoms with E-state index >= 15 is 0 Å². The molecule has 1 aromatic carbocycles. The van der Waals surface area contributed by atoms with E-state index in [-0.39, 0.29) is 26.9 Å². The van der Waals surface area contributed by atoms with Crippen molar-refractivity contribution in [2.45, 2.75) is 11.7 Å². The maximum Gasteiger partial charge on any atom is 0.228 e. The number of halogens is 3. The van der Waals surface area contributed by atoms with E-state index in [4.69, 9.17) is 23.2 Å². The number of hydrogen-bond donors (Lipinski definition) is 1. The number of hydrogen-bond acceptors (Lipinski definition) is 2. The van der Waals surface area contributed by atoms with E-state index in [1.54, 1.807) is 0 Å². The van der Waals surface area contributed by atoms with Gasteiger partial charge in [0.15, 0.2) is 0 Å². The van der Waals surface area contributed by atoms with E-state index in [0.29, 0.717) is 13.0 Å². The van der Waals surface area contributed by atoms with Crippen molar-refractivity contribution in [1.29, 1.82) is 0 Å². The molecule has 86 valence electrons. The number of thiol groups is 1. The third-order valence-corrected chi connectivity index (χ3v) is 3.21. The minimum absolute atomic E-state index is 0.0846. The first kappa shape index (κ1) is 12.0. The maximum absolute atomic E-state index is 13.7. The van der Waals surface area contributed by atoms with Crippen LogP contribution in [-0.4, -0.2) is 17.7 Å². The Morgan fingerprint density at radius 2 is 2.12 bits per heavy atom. The third-order valence-electron chi connectivity index (χ3n) is 2.36. The van der Waals surface area contributed by atoms with Gasteiger partial charge < -0.3 is 4.90 Å². The second kappa shape index (κ2) is 4.43. The van der Waals surface area contributed by atoms with E-state index in [0.717, 1.165) is 6.07 Å². The van der Waals surface area contributed by atoms with Crippen LogP contribution in [0.1, 0.15) is 6.42 Å². The Morgan fingerprint density at radius 1 is 1.44 bits per heavy atom. The van der Waals surface area contributed by atoms with Crippen LogP contribution in [-0.2, 0) is 4.79 Å². The molecule has 1 amide bonds. The lowest BCUT2D eigenvalue weighted by Crippen LogP contribution is -2.26. The van der Waals surface area contributed by atoms with Gasteiger partial charge >= 0.3 is 0 Å². The molecule has 1 aliphatic rings. The Morgan fingerprint density at radius 3 is 2.62 bits per heavy atom. The first-order valence-electron chi connectivity index (χ1n) is 4.62. The molecule has 1 heterocycles. The summed E-state index contributed by atoms with van der Waals surface area (Å²) in [6, 6.07) is 2.56. The molecule has 1 fully saturated rings. The number of benzene rings is 1. The van der Waals surface area contributed by atoms with Gasteiger partial charge in [0.05, 0.1) is 10.7 Å². The molecule has 2 nitrogen and oxygen atoms in total. The average molecular weight is 280 g/mol. The molecule has 0 spiro atoms. The van der Waals surface area contributed by atoms with E-state index in [2.05, 4.69) is 12.6 Å². The largest absolute Gasteiger partial charge is 0.307 e. The van der Waals surface area contributed by atoms with Crippen molar-refractivity contribution < 1.29 is 9.18 Å². The highest BCUT2D eigenvalue weighted by Crippen LogP contribution is 2.35. The summed E-state index contributed by atoms with van der Waals surface area (Å²) < 4.78 is 13.7. The smallest absolute Gasteiger partial charge is 0.228 e. The van der Waals surface area contributed by atoms with Crippen LogP contribution in [0.15, 0.2) is 12.1 Å². The van der Waals surface area contributed by atoms with Gasteiger partial charge in [-0.3, -0.25) is 4.79 Å². The highest BCUT2D eigenvalue weighted by molar-refractivity contribution is 7.81. The van der Waals surface area contributed by atoms with E-state index < -0.39 is 5.82 Å². The predicted molar refractivity (Wildman–Crippen MR) is 66.2 cm³/mol. The van der Waals surface area contributed by atoms with Gasteiger partial charge in [-0.2, -0.15) is 12.6 Å². The molecule has 0 aliphatic carbocycles. The Balaban J connectivity index is 2.44. The zero-order valence-electron chi connectivity index (χ0n) is 8.08. The standard InChI is InChI=1S/C10H8Cl2FNOS/c11-5-1-7(12)10(8(13)2-5)14-4-6(16)3-9(14)15/h1-2,6,16H,3-4H2. The molecule has 2 rings (SSSR count). The van der Waals surface area contributed by atoms with Crippen molar-refractivity contribution in [3.8, 4) is 0 Å². The van der Waals surface area contributed by atoms with Crippen molar-refractivity contribution in [3.05, 3.63) is 28.0 Å². The molecule has 1 unspecified atom stereocenters. The fourth-order valence-electron chi connectivity index (χ4n) is 1.70. The summed E-state index contributed by atoms with van der Waals surface area (Å²) in [6.07, 6.45) is 0.293. The van der Waals surface area contributed by atoms with Gasteiger partial charge in [0.2, 0.25) is 5.91 Å². The van der Waals surface area contributed by atoms with Crippen LogP contribution in [0.5, 0.6) is 0 Å². The number of amides is 1. The van der Waals surface area contributed by atoms with Crippen molar-refractivity contribution in [2.24, 2.45) is 0 Å². The fraction of sp³-hybridized carbons (Fsp3) is 0.300. The molecule has 0 saturated carbocycles. The molecule has 1 atom stereocenters. The first-order valence-corrected chi connectivity index (χ1v) is 5.89. The van der Waals surface area contributed by atoms with Crippen LogP contribution >= 0.6 is 35.8 Å². The Bertz CT molecular complexity index is 431. The first-order chi connectivity index (χ1) is 7.49. The zero-order chi connectivity index (χ0) is 11.9. The van der Waals surface area contributed by atoms with Gasteiger partial charge in [0.25, 0.3) is 0 Å². The quantitative estimate of drug-likeness (QED) is 0.783. The van der Waals surface area contributed by atoms with Crippen LogP contribution in [0.3, 0.4) is 0 Å². The molecular formula is C10H8Cl2FNOS. The molecule has 16 heavy (non-hydrogen) atoms. The predicted octanol–water partition coefficient (Wildman–Crippen LogP) is 3.17. The zero-order valence-corrected chi connectivity index (χ0v) is 10.5. The lowest BCUT2D eigenvalue weighted by Gasteiger charge is -2.18. The number of anilines is 1. The lowest BCUT2D eigenvalue weighted by atomic mass is 10.3. The summed E-state index contributed by atoms with van der Waals surface area (Å²) in [5.41, 5.74) is 0.0904. The third kappa shape index (κ3) is 2.14.